The van der Waals surface area contributed by atoms with E-state index in [4.69, 9.17) is 9.57 Å². The number of carbonyl (C=O) groups excluding carboxylic acids is 1. The SMILES string of the molecule is CCOC(=O)/C(=N/OC(C)C)c1nc2ccccc2n(C2CC3CCC[C@H](C2)N3C2CC3CCCCC(C3)C2)c1=O. The van der Waals surface area contributed by atoms with Crippen molar-refractivity contribution in [3.63, 3.8) is 0 Å². The van der Waals surface area contributed by atoms with Gasteiger partial charge in [0.25, 0.3) is 5.56 Å². The van der Waals surface area contributed by atoms with Crippen LogP contribution in [0.5, 0.6) is 0 Å². The minimum Gasteiger partial charge on any atom is -0.461 e. The summed E-state index contributed by atoms with van der Waals surface area (Å²) in [6.07, 6.45) is 15.1. The van der Waals surface area contributed by atoms with Gasteiger partial charge in [-0.2, -0.15) is 0 Å². The Kier molecular flexibility index (Phi) is 8.47. The van der Waals surface area contributed by atoms with Crippen LogP contribution in [-0.2, 0) is 14.4 Å². The number of oxime groups is 1. The second-order valence-corrected chi connectivity index (χ2v) is 13.1. The van der Waals surface area contributed by atoms with Gasteiger partial charge in [0.2, 0.25) is 5.71 Å². The maximum absolute atomic E-state index is 14.3. The molecule has 8 heteroatoms. The number of hydrogen-bond donors (Lipinski definition) is 0. The maximum atomic E-state index is 14.3. The van der Waals surface area contributed by atoms with Crippen LogP contribution in [0, 0.1) is 11.8 Å². The van der Waals surface area contributed by atoms with Gasteiger partial charge in [-0.15, -0.1) is 0 Å². The third-order valence-corrected chi connectivity index (χ3v) is 9.99. The van der Waals surface area contributed by atoms with Gasteiger partial charge in [0, 0.05) is 24.2 Å². The molecule has 2 aromatic rings. The van der Waals surface area contributed by atoms with E-state index >= 15 is 0 Å². The van der Waals surface area contributed by atoms with Crippen LogP contribution in [0.3, 0.4) is 0 Å². The Morgan fingerprint density at radius 2 is 1.61 bits per heavy atom. The van der Waals surface area contributed by atoms with Crippen molar-refractivity contribution >= 4 is 22.7 Å². The van der Waals surface area contributed by atoms with Crippen molar-refractivity contribution in [1.82, 2.24) is 14.5 Å². The Morgan fingerprint density at radius 3 is 2.27 bits per heavy atom. The van der Waals surface area contributed by atoms with Crippen LogP contribution in [-0.4, -0.2) is 57.0 Å². The van der Waals surface area contributed by atoms with E-state index in [0.717, 1.165) is 30.2 Å². The second kappa shape index (κ2) is 12.2. The zero-order valence-corrected chi connectivity index (χ0v) is 25.0. The Balaban J connectivity index is 1.36. The summed E-state index contributed by atoms with van der Waals surface area (Å²) in [4.78, 5) is 40.3. The number of aromatic nitrogens is 2. The number of hydrogen-bond acceptors (Lipinski definition) is 7. The summed E-state index contributed by atoms with van der Waals surface area (Å²) in [6, 6.07) is 9.46. The van der Waals surface area contributed by atoms with Crippen molar-refractivity contribution in [2.24, 2.45) is 17.0 Å². The van der Waals surface area contributed by atoms with Crippen molar-refractivity contribution in [3.8, 4) is 0 Å². The molecule has 222 valence electrons. The molecule has 1 aromatic carbocycles. The highest BCUT2D eigenvalue weighted by atomic mass is 16.6. The lowest BCUT2D eigenvalue weighted by atomic mass is 9.73. The van der Waals surface area contributed by atoms with Crippen LogP contribution in [0.4, 0.5) is 0 Å². The monoisotopic (exact) mass is 562 g/mol. The standard InChI is InChI=1S/C33H46N4O4/c1-4-40-33(39)31(35-41-21(2)3)30-32(38)37(29-15-8-7-14-28(29)34-30)27-19-24-12-9-13-25(20-27)36(24)26-17-22-10-5-6-11-23(16-22)18-26/h7-8,14-15,21-27H,4-6,9-13,16-20H2,1-3H3/b35-31+/t22?,23?,24-,25?,26?,27?/m1/s1. The molecule has 3 heterocycles. The average Bonchev–Trinajstić information content (AvgIpc) is 3.11. The highest BCUT2D eigenvalue weighted by molar-refractivity contribution is 6.42. The first-order chi connectivity index (χ1) is 19.9. The van der Waals surface area contributed by atoms with E-state index in [2.05, 4.69) is 15.0 Å². The third-order valence-electron chi connectivity index (χ3n) is 9.99. The quantitative estimate of drug-likeness (QED) is 0.234. The van der Waals surface area contributed by atoms with Crippen molar-refractivity contribution in [1.29, 1.82) is 0 Å². The van der Waals surface area contributed by atoms with Crippen molar-refractivity contribution in [3.05, 3.63) is 40.3 Å². The summed E-state index contributed by atoms with van der Waals surface area (Å²) in [5.41, 5.74) is 1.05. The summed E-state index contributed by atoms with van der Waals surface area (Å²) in [7, 11) is 0. The molecule has 0 radical (unpaired) electrons. The summed E-state index contributed by atoms with van der Waals surface area (Å²) < 4.78 is 7.20. The minimum atomic E-state index is -0.690. The Bertz CT molecular complexity index is 1310. The number of ether oxygens (including phenoxy) is 1. The first-order valence-electron chi connectivity index (χ1n) is 16.1. The molecule has 41 heavy (non-hydrogen) atoms. The number of para-hydroxylation sites is 2. The lowest BCUT2D eigenvalue weighted by molar-refractivity contribution is -0.135. The summed E-state index contributed by atoms with van der Waals surface area (Å²) in [5, 5.41) is 4.09. The number of piperidine rings is 2. The molecule has 2 aliphatic heterocycles. The van der Waals surface area contributed by atoms with Crippen LogP contribution in [0.15, 0.2) is 34.2 Å². The highest BCUT2D eigenvalue weighted by Gasteiger charge is 2.45. The van der Waals surface area contributed by atoms with E-state index in [1.807, 2.05) is 42.7 Å². The van der Waals surface area contributed by atoms with Crippen LogP contribution in [0.1, 0.15) is 110 Å². The molecule has 2 saturated heterocycles. The van der Waals surface area contributed by atoms with Crippen molar-refractivity contribution < 1.29 is 14.4 Å². The van der Waals surface area contributed by atoms with E-state index in [1.54, 1.807) is 6.92 Å². The van der Waals surface area contributed by atoms with Gasteiger partial charge in [-0.05, 0) is 89.7 Å². The second-order valence-electron chi connectivity index (χ2n) is 13.1. The predicted octanol–water partition coefficient (Wildman–Crippen LogP) is 6.01. The van der Waals surface area contributed by atoms with Gasteiger partial charge in [0.05, 0.1) is 17.6 Å². The average molecular weight is 563 g/mol. The molecular formula is C33H46N4O4. The Labute approximate surface area is 243 Å². The van der Waals surface area contributed by atoms with Crippen molar-refractivity contribution in [2.45, 2.75) is 128 Å². The number of carbonyl (C=O) groups is 1. The summed E-state index contributed by atoms with van der Waals surface area (Å²) in [5.74, 6) is 1.09. The fourth-order valence-corrected chi connectivity index (χ4v) is 8.51. The molecule has 0 N–H and O–H groups in total. The molecule has 2 saturated carbocycles. The van der Waals surface area contributed by atoms with E-state index in [0.29, 0.717) is 23.6 Å². The third kappa shape index (κ3) is 5.81. The number of benzene rings is 1. The number of esters is 1. The summed E-state index contributed by atoms with van der Waals surface area (Å²) >= 11 is 0. The molecule has 4 bridgehead atoms. The lowest BCUT2D eigenvalue weighted by Gasteiger charge is -2.54. The normalized spacial score (nSPS) is 30.7. The topological polar surface area (TPSA) is 86.0 Å². The molecule has 4 fully saturated rings. The molecule has 0 amide bonds. The molecule has 2 aliphatic carbocycles. The van der Waals surface area contributed by atoms with E-state index in [9.17, 15) is 9.59 Å². The van der Waals surface area contributed by atoms with Gasteiger partial charge < -0.3 is 14.1 Å². The van der Waals surface area contributed by atoms with Gasteiger partial charge in [-0.1, -0.05) is 49.4 Å². The Morgan fingerprint density at radius 1 is 0.927 bits per heavy atom. The molecule has 0 spiro atoms. The molecule has 4 aliphatic rings. The number of nitrogens with zero attached hydrogens (tertiary/aromatic N) is 4. The largest absolute Gasteiger partial charge is 0.461 e. The van der Waals surface area contributed by atoms with Crippen LogP contribution >= 0.6 is 0 Å². The first kappa shape index (κ1) is 28.4. The van der Waals surface area contributed by atoms with E-state index < -0.39 is 5.97 Å². The number of rotatable bonds is 7. The van der Waals surface area contributed by atoms with Gasteiger partial charge in [0.1, 0.15) is 6.10 Å². The van der Waals surface area contributed by atoms with Gasteiger partial charge in [-0.25, -0.2) is 9.78 Å². The van der Waals surface area contributed by atoms with Crippen LogP contribution in [0.2, 0.25) is 0 Å². The van der Waals surface area contributed by atoms with E-state index in [-0.39, 0.29) is 35.7 Å². The number of fused-ring (bicyclic) bond motifs is 5. The zero-order chi connectivity index (χ0) is 28.5. The Hall–Kier alpha value is -2.74. The first-order valence-corrected chi connectivity index (χ1v) is 16.1. The molecule has 6 rings (SSSR count). The zero-order valence-electron chi connectivity index (χ0n) is 25.0. The van der Waals surface area contributed by atoms with Crippen molar-refractivity contribution in [2.75, 3.05) is 6.61 Å². The molecule has 8 nitrogen and oxygen atoms in total. The van der Waals surface area contributed by atoms with Crippen LogP contribution in [0.25, 0.3) is 11.0 Å². The predicted molar refractivity (Wildman–Crippen MR) is 160 cm³/mol. The molecule has 5 atom stereocenters. The fourth-order valence-electron chi connectivity index (χ4n) is 8.51. The van der Waals surface area contributed by atoms with Gasteiger partial charge in [0.15, 0.2) is 5.69 Å². The smallest absolute Gasteiger partial charge is 0.362 e. The van der Waals surface area contributed by atoms with Gasteiger partial charge in [-0.3, -0.25) is 9.69 Å². The summed E-state index contributed by atoms with van der Waals surface area (Å²) in [6.45, 7) is 5.56. The highest BCUT2D eigenvalue weighted by Crippen LogP contribution is 2.47. The maximum Gasteiger partial charge on any atom is 0.362 e. The minimum absolute atomic E-state index is 0.00625. The molecule has 1 aromatic heterocycles. The fraction of sp³-hybridized carbons (Fsp3) is 0.697. The van der Waals surface area contributed by atoms with E-state index in [1.165, 1.54) is 64.2 Å². The lowest BCUT2D eigenvalue weighted by Crippen LogP contribution is -2.58. The molecule has 4 unspecified atom stereocenters. The molecular weight excluding hydrogens is 516 g/mol. The van der Waals surface area contributed by atoms with Gasteiger partial charge >= 0.3 is 5.97 Å². The van der Waals surface area contributed by atoms with Crippen LogP contribution < -0.4 is 5.56 Å².